The van der Waals surface area contributed by atoms with Gasteiger partial charge in [0.1, 0.15) is 0 Å². The molecule has 0 saturated heterocycles. The van der Waals surface area contributed by atoms with Crippen LogP contribution in [-0.4, -0.2) is 36.0 Å². The molecule has 0 amide bonds. The van der Waals surface area contributed by atoms with Gasteiger partial charge in [0, 0.05) is 18.7 Å². The molecule has 0 aromatic carbocycles. The third-order valence-corrected chi connectivity index (χ3v) is 2.69. The van der Waals surface area contributed by atoms with E-state index in [1.165, 1.54) is 0 Å². The largest absolute Gasteiger partial charge is 0.389 e. The van der Waals surface area contributed by atoms with Crippen molar-refractivity contribution < 1.29 is 9.84 Å². The molecular weight excluding hydrogens is 178 g/mol. The van der Waals surface area contributed by atoms with Crippen LogP contribution in [0.3, 0.4) is 0 Å². The minimum Gasteiger partial charge on any atom is -0.389 e. The van der Waals surface area contributed by atoms with Gasteiger partial charge in [-0.3, -0.25) is 0 Å². The second-order valence-corrected chi connectivity index (χ2v) is 4.72. The zero-order valence-corrected chi connectivity index (χ0v) is 10.2. The summed E-state index contributed by atoms with van der Waals surface area (Å²) >= 11 is 0. The van der Waals surface area contributed by atoms with Crippen molar-refractivity contribution in [3.8, 4) is 0 Å². The highest BCUT2D eigenvalue weighted by Gasteiger charge is 2.33. The predicted molar refractivity (Wildman–Crippen MR) is 59.5 cm³/mol. The SMILES string of the molecule is CCCOCCNC(C)(C)C(C)(C)O. The van der Waals surface area contributed by atoms with Crippen molar-refractivity contribution in [1.82, 2.24) is 5.32 Å². The van der Waals surface area contributed by atoms with Crippen molar-refractivity contribution >= 4 is 0 Å². The molecule has 0 aromatic heterocycles. The Labute approximate surface area is 87.8 Å². The molecule has 14 heavy (non-hydrogen) atoms. The van der Waals surface area contributed by atoms with Crippen molar-refractivity contribution in [2.24, 2.45) is 0 Å². The molecule has 2 N–H and O–H groups in total. The molecule has 0 saturated carbocycles. The summed E-state index contributed by atoms with van der Waals surface area (Å²) in [6.45, 7) is 12.0. The maximum atomic E-state index is 9.84. The number of ether oxygens (including phenoxy) is 1. The first-order valence-corrected chi connectivity index (χ1v) is 5.36. The summed E-state index contributed by atoms with van der Waals surface area (Å²) in [5.74, 6) is 0. The zero-order chi connectivity index (χ0) is 11.2. The van der Waals surface area contributed by atoms with E-state index in [0.717, 1.165) is 19.6 Å². The van der Waals surface area contributed by atoms with E-state index in [1.807, 2.05) is 27.7 Å². The first-order valence-electron chi connectivity index (χ1n) is 5.36. The van der Waals surface area contributed by atoms with Gasteiger partial charge in [0.25, 0.3) is 0 Å². The molecule has 0 aliphatic heterocycles. The molecular formula is C11H25NO2. The van der Waals surface area contributed by atoms with Crippen molar-refractivity contribution in [3.05, 3.63) is 0 Å². The van der Waals surface area contributed by atoms with Gasteiger partial charge < -0.3 is 15.2 Å². The summed E-state index contributed by atoms with van der Waals surface area (Å²) in [5.41, 5.74) is -1.01. The lowest BCUT2D eigenvalue weighted by molar-refractivity contribution is -0.00791. The van der Waals surface area contributed by atoms with E-state index < -0.39 is 5.60 Å². The molecule has 0 aliphatic carbocycles. The Morgan fingerprint density at radius 2 is 1.71 bits per heavy atom. The molecule has 3 nitrogen and oxygen atoms in total. The standard InChI is InChI=1S/C11H25NO2/c1-6-8-14-9-7-12-10(2,3)11(4,5)13/h12-13H,6-9H2,1-5H3. The molecule has 0 fully saturated rings. The monoisotopic (exact) mass is 203 g/mol. The minimum atomic E-state index is -0.724. The van der Waals surface area contributed by atoms with E-state index >= 15 is 0 Å². The Bertz CT molecular complexity index is 150. The van der Waals surface area contributed by atoms with Gasteiger partial charge in [-0.2, -0.15) is 0 Å². The van der Waals surface area contributed by atoms with Crippen LogP contribution >= 0.6 is 0 Å². The van der Waals surface area contributed by atoms with Crippen LogP contribution in [0.5, 0.6) is 0 Å². The van der Waals surface area contributed by atoms with Crippen molar-refractivity contribution in [1.29, 1.82) is 0 Å². The zero-order valence-electron chi connectivity index (χ0n) is 10.2. The molecule has 0 unspecified atom stereocenters. The maximum Gasteiger partial charge on any atom is 0.0767 e. The first-order chi connectivity index (χ1) is 6.31. The van der Waals surface area contributed by atoms with E-state index in [4.69, 9.17) is 4.74 Å². The smallest absolute Gasteiger partial charge is 0.0767 e. The lowest BCUT2D eigenvalue weighted by atomic mass is 9.86. The Hall–Kier alpha value is -0.120. The number of aliphatic hydroxyl groups is 1. The number of rotatable bonds is 7. The highest BCUT2D eigenvalue weighted by atomic mass is 16.5. The van der Waals surface area contributed by atoms with Crippen LogP contribution in [0.15, 0.2) is 0 Å². The molecule has 0 spiro atoms. The molecule has 86 valence electrons. The second kappa shape index (κ2) is 5.69. The normalized spacial score (nSPS) is 13.3. The Morgan fingerprint density at radius 3 is 2.14 bits per heavy atom. The Balaban J connectivity index is 3.67. The highest BCUT2D eigenvalue weighted by molar-refractivity contribution is 4.93. The summed E-state index contributed by atoms with van der Waals surface area (Å²) in [4.78, 5) is 0. The van der Waals surface area contributed by atoms with E-state index in [0.29, 0.717) is 6.61 Å². The van der Waals surface area contributed by atoms with Crippen LogP contribution in [0.25, 0.3) is 0 Å². The fourth-order valence-corrected chi connectivity index (χ4v) is 0.898. The van der Waals surface area contributed by atoms with E-state index in [2.05, 4.69) is 12.2 Å². The van der Waals surface area contributed by atoms with E-state index in [-0.39, 0.29) is 5.54 Å². The third-order valence-electron chi connectivity index (χ3n) is 2.69. The van der Waals surface area contributed by atoms with Crippen molar-refractivity contribution in [2.75, 3.05) is 19.8 Å². The van der Waals surface area contributed by atoms with Gasteiger partial charge in [0.15, 0.2) is 0 Å². The van der Waals surface area contributed by atoms with Crippen LogP contribution in [0.1, 0.15) is 41.0 Å². The molecule has 3 heteroatoms. The summed E-state index contributed by atoms with van der Waals surface area (Å²) in [6, 6.07) is 0. The Kier molecular flexibility index (Phi) is 5.64. The van der Waals surface area contributed by atoms with Gasteiger partial charge in [-0.05, 0) is 34.1 Å². The molecule has 0 rings (SSSR count). The molecule has 0 heterocycles. The van der Waals surface area contributed by atoms with Gasteiger partial charge in [0.2, 0.25) is 0 Å². The van der Waals surface area contributed by atoms with Gasteiger partial charge >= 0.3 is 0 Å². The summed E-state index contributed by atoms with van der Waals surface area (Å²) < 4.78 is 5.35. The van der Waals surface area contributed by atoms with Crippen LogP contribution in [0.4, 0.5) is 0 Å². The van der Waals surface area contributed by atoms with Crippen LogP contribution in [0, 0.1) is 0 Å². The fraction of sp³-hybridized carbons (Fsp3) is 1.00. The van der Waals surface area contributed by atoms with Crippen LogP contribution < -0.4 is 5.32 Å². The second-order valence-electron chi connectivity index (χ2n) is 4.72. The highest BCUT2D eigenvalue weighted by Crippen LogP contribution is 2.19. The van der Waals surface area contributed by atoms with Gasteiger partial charge in [-0.15, -0.1) is 0 Å². The molecule has 0 atom stereocenters. The maximum absolute atomic E-state index is 9.84. The van der Waals surface area contributed by atoms with E-state index in [9.17, 15) is 5.11 Å². The quantitative estimate of drug-likeness (QED) is 0.617. The minimum absolute atomic E-state index is 0.289. The molecule has 0 bridgehead atoms. The molecule has 0 aromatic rings. The van der Waals surface area contributed by atoms with E-state index in [1.54, 1.807) is 0 Å². The number of hydrogen-bond acceptors (Lipinski definition) is 3. The average Bonchev–Trinajstić information content (AvgIpc) is 2.02. The molecule has 0 aliphatic rings. The topological polar surface area (TPSA) is 41.5 Å². The third kappa shape index (κ3) is 4.94. The lowest BCUT2D eigenvalue weighted by Gasteiger charge is -2.38. The van der Waals surface area contributed by atoms with Gasteiger partial charge in [-0.25, -0.2) is 0 Å². The van der Waals surface area contributed by atoms with Crippen molar-refractivity contribution in [2.45, 2.75) is 52.2 Å². The average molecular weight is 203 g/mol. The predicted octanol–water partition coefficient (Wildman–Crippen LogP) is 1.55. The Morgan fingerprint density at radius 1 is 1.14 bits per heavy atom. The molecule has 0 radical (unpaired) electrons. The summed E-state index contributed by atoms with van der Waals surface area (Å²) in [6.07, 6.45) is 1.05. The van der Waals surface area contributed by atoms with Crippen LogP contribution in [-0.2, 0) is 4.74 Å². The fourth-order valence-electron chi connectivity index (χ4n) is 0.898. The number of nitrogens with one attached hydrogen (secondary N) is 1. The summed E-state index contributed by atoms with van der Waals surface area (Å²) in [5, 5.41) is 13.1. The number of hydrogen-bond donors (Lipinski definition) is 2. The van der Waals surface area contributed by atoms with Gasteiger partial charge in [-0.1, -0.05) is 6.92 Å². The van der Waals surface area contributed by atoms with Crippen molar-refractivity contribution in [3.63, 3.8) is 0 Å². The van der Waals surface area contributed by atoms with Gasteiger partial charge in [0.05, 0.1) is 12.2 Å². The first kappa shape index (κ1) is 13.9. The lowest BCUT2D eigenvalue weighted by Crippen LogP contribution is -2.56. The van der Waals surface area contributed by atoms with Crippen LogP contribution in [0.2, 0.25) is 0 Å². The summed E-state index contributed by atoms with van der Waals surface area (Å²) in [7, 11) is 0.